The first kappa shape index (κ1) is 21.1. The molecule has 0 fully saturated rings. The number of benzene rings is 2. The third-order valence-electron chi connectivity index (χ3n) is 6.51. The Morgan fingerprint density at radius 2 is 1.83 bits per heavy atom. The van der Waals surface area contributed by atoms with E-state index in [1.54, 1.807) is 58.9 Å². The molecule has 0 bridgehead atoms. The van der Waals surface area contributed by atoms with Gasteiger partial charge in [0.15, 0.2) is 5.82 Å². The molecule has 10 heteroatoms. The van der Waals surface area contributed by atoms with Crippen molar-refractivity contribution in [1.29, 1.82) is 0 Å². The van der Waals surface area contributed by atoms with Crippen LogP contribution in [-0.2, 0) is 27.7 Å². The molecule has 176 valence electrons. The lowest BCUT2D eigenvalue weighted by atomic mass is 10.1. The highest BCUT2D eigenvalue weighted by Gasteiger charge is 2.21. The van der Waals surface area contributed by atoms with Gasteiger partial charge in [0.2, 0.25) is 0 Å². The molecule has 6 aromatic rings. The number of halogens is 1. The van der Waals surface area contributed by atoms with Crippen LogP contribution in [0.3, 0.4) is 0 Å². The topological polar surface area (TPSA) is 80.4 Å². The Hall–Kier alpha value is -4.47. The highest BCUT2D eigenvalue weighted by Crippen LogP contribution is 2.33. The molecule has 6 rings (SSSR count). The molecule has 0 unspecified atom stereocenters. The lowest BCUT2D eigenvalue weighted by Gasteiger charge is -2.11. The molecule has 0 saturated heterocycles. The Balaban J connectivity index is 1.66. The van der Waals surface area contributed by atoms with E-state index in [0.29, 0.717) is 34.5 Å². The van der Waals surface area contributed by atoms with E-state index < -0.39 is 0 Å². The molecule has 2 aromatic carbocycles. The average Bonchev–Trinajstić information content (AvgIpc) is 3.60. The summed E-state index contributed by atoms with van der Waals surface area (Å²) in [5.41, 5.74) is 5.49. The number of aromatic nitrogens is 8. The second kappa shape index (κ2) is 7.52. The summed E-state index contributed by atoms with van der Waals surface area (Å²) < 4.78 is 24.2. The van der Waals surface area contributed by atoms with Crippen LogP contribution >= 0.6 is 0 Å². The number of nitrogens with zero attached hydrogens (tertiary/aromatic N) is 8. The standard InChI is InChI=1S/C25H23FN8O/c1-5-33-20-7-6-16(8-22(20)32(4)25(33)35)34-21-10-18(26)17(15-11-28-31(3)13-15)9-19(21)29-24(34)23-12-27-14-30(23)2/h6-14H,5H2,1-4H3. The van der Waals surface area contributed by atoms with Crippen molar-refractivity contribution in [2.75, 3.05) is 0 Å². The van der Waals surface area contributed by atoms with Gasteiger partial charge in [0.05, 0.1) is 40.8 Å². The Morgan fingerprint density at radius 3 is 2.51 bits per heavy atom. The molecule has 0 amide bonds. The number of aryl methyl sites for hydroxylation is 4. The van der Waals surface area contributed by atoms with Gasteiger partial charge in [-0.05, 0) is 31.2 Å². The number of imidazole rings is 3. The average molecular weight is 471 g/mol. The van der Waals surface area contributed by atoms with Crippen LogP contribution in [0.25, 0.3) is 50.4 Å². The third kappa shape index (κ3) is 3.06. The van der Waals surface area contributed by atoms with Crippen LogP contribution in [0.2, 0.25) is 0 Å². The van der Waals surface area contributed by atoms with Crippen LogP contribution in [0.15, 0.2) is 60.0 Å². The van der Waals surface area contributed by atoms with Gasteiger partial charge in [-0.1, -0.05) is 0 Å². The lowest BCUT2D eigenvalue weighted by molar-refractivity contribution is 0.632. The zero-order valence-corrected chi connectivity index (χ0v) is 19.8. The first-order valence-corrected chi connectivity index (χ1v) is 11.2. The smallest absolute Gasteiger partial charge is 0.328 e. The number of hydrogen-bond donors (Lipinski definition) is 0. The SMILES string of the molecule is CCn1c(=O)n(C)c2cc(-n3c(-c4cncn4C)nc4cc(-c5cnn(C)c5)c(F)cc43)ccc21. The van der Waals surface area contributed by atoms with Crippen LogP contribution in [0.5, 0.6) is 0 Å². The summed E-state index contributed by atoms with van der Waals surface area (Å²) in [6.45, 7) is 2.52. The van der Waals surface area contributed by atoms with E-state index in [2.05, 4.69) is 10.1 Å². The Kier molecular flexibility index (Phi) is 4.53. The molecule has 4 aromatic heterocycles. The number of rotatable bonds is 4. The van der Waals surface area contributed by atoms with Crippen LogP contribution in [0, 0.1) is 5.82 Å². The van der Waals surface area contributed by atoms with E-state index in [-0.39, 0.29) is 11.5 Å². The fourth-order valence-corrected chi connectivity index (χ4v) is 4.73. The van der Waals surface area contributed by atoms with Crippen LogP contribution in [0.1, 0.15) is 6.92 Å². The molecule has 0 atom stereocenters. The first-order valence-electron chi connectivity index (χ1n) is 11.2. The summed E-state index contributed by atoms with van der Waals surface area (Å²) >= 11 is 0. The maximum absolute atomic E-state index is 15.4. The number of fused-ring (bicyclic) bond motifs is 2. The second-order valence-electron chi connectivity index (χ2n) is 8.64. The van der Waals surface area contributed by atoms with Gasteiger partial charge >= 0.3 is 5.69 Å². The maximum Gasteiger partial charge on any atom is 0.328 e. The summed E-state index contributed by atoms with van der Waals surface area (Å²) in [7, 11) is 5.45. The summed E-state index contributed by atoms with van der Waals surface area (Å²) in [6, 6.07) is 9.05. The van der Waals surface area contributed by atoms with Gasteiger partial charge in [-0.25, -0.2) is 19.2 Å². The summed E-state index contributed by atoms with van der Waals surface area (Å²) in [5.74, 6) is 0.260. The van der Waals surface area contributed by atoms with Crippen molar-refractivity contribution >= 4 is 22.1 Å². The van der Waals surface area contributed by atoms with Crippen molar-refractivity contribution in [3.8, 4) is 28.3 Å². The molecule has 0 N–H and O–H groups in total. The molecule has 0 spiro atoms. The van der Waals surface area contributed by atoms with E-state index in [1.807, 2.05) is 41.3 Å². The minimum absolute atomic E-state index is 0.0749. The monoisotopic (exact) mass is 470 g/mol. The van der Waals surface area contributed by atoms with Crippen LogP contribution in [0.4, 0.5) is 4.39 Å². The highest BCUT2D eigenvalue weighted by atomic mass is 19.1. The largest absolute Gasteiger partial charge is 0.331 e. The molecule has 4 heterocycles. The minimum Gasteiger partial charge on any atom is -0.331 e. The minimum atomic E-state index is -0.367. The Labute approximate surface area is 199 Å². The fraction of sp³-hybridized carbons (Fsp3) is 0.200. The van der Waals surface area contributed by atoms with Gasteiger partial charge in [0.25, 0.3) is 0 Å². The Bertz CT molecular complexity index is 1810. The van der Waals surface area contributed by atoms with Gasteiger partial charge in [0, 0.05) is 56.8 Å². The molecule has 0 radical (unpaired) electrons. The zero-order valence-electron chi connectivity index (χ0n) is 19.8. The normalized spacial score (nSPS) is 11.8. The predicted molar refractivity (Wildman–Crippen MR) is 132 cm³/mol. The van der Waals surface area contributed by atoms with E-state index in [9.17, 15) is 4.79 Å². The van der Waals surface area contributed by atoms with Crippen molar-refractivity contribution < 1.29 is 4.39 Å². The Morgan fingerprint density at radius 1 is 1.00 bits per heavy atom. The zero-order chi connectivity index (χ0) is 24.4. The van der Waals surface area contributed by atoms with Gasteiger partial charge in [0.1, 0.15) is 11.5 Å². The molecule has 0 aliphatic carbocycles. The van der Waals surface area contributed by atoms with E-state index in [1.165, 1.54) is 6.07 Å². The van der Waals surface area contributed by atoms with Gasteiger partial charge in [-0.15, -0.1) is 0 Å². The molecular formula is C25H23FN8O. The van der Waals surface area contributed by atoms with Crippen molar-refractivity contribution in [2.45, 2.75) is 13.5 Å². The first-order chi connectivity index (χ1) is 16.9. The van der Waals surface area contributed by atoms with Crippen molar-refractivity contribution in [3.05, 3.63) is 71.6 Å². The van der Waals surface area contributed by atoms with Crippen LogP contribution < -0.4 is 5.69 Å². The van der Waals surface area contributed by atoms with Gasteiger partial charge in [-0.3, -0.25) is 18.4 Å². The highest BCUT2D eigenvalue weighted by molar-refractivity contribution is 5.88. The van der Waals surface area contributed by atoms with Crippen molar-refractivity contribution in [1.82, 2.24) is 38.0 Å². The van der Waals surface area contributed by atoms with E-state index >= 15 is 4.39 Å². The third-order valence-corrected chi connectivity index (χ3v) is 6.51. The molecule has 35 heavy (non-hydrogen) atoms. The second-order valence-corrected chi connectivity index (χ2v) is 8.64. The van der Waals surface area contributed by atoms with Crippen LogP contribution in [-0.4, -0.2) is 38.0 Å². The number of hydrogen-bond acceptors (Lipinski definition) is 4. The molecule has 0 aliphatic heterocycles. The molecule has 9 nitrogen and oxygen atoms in total. The van der Waals surface area contributed by atoms with Gasteiger partial charge < -0.3 is 4.57 Å². The van der Waals surface area contributed by atoms with Gasteiger partial charge in [-0.2, -0.15) is 5.10 Å². The molecule has 0 aliphatic rings. The molecular weight excluding hydrogens is 447 g/mol. The maximum atomic E-state index is 15.4. The predicted octanol–water partition coefficient (Wildman–Crippen LogP) is 3.64. The summed E-state index contributed by atoms with van der Waals surface area (Å²) in [6.07, 6.45) is 6.85. The van der Waals surface area contributed by atoms with Crippen molar-refractivity contribution in [3.63, 3.8) is 0 Å². The van der Waals surface area contributed by atoms with Crippen molar-refractivity contribution in [2.24, 2.45) is 21.1 Å². The lowest BCUT2D eigenvalue weighted by Crippen LogP contribution is -2.21. The molecule has 0 saturated carbocycles. The van der Waals surface area contributed by atoms with E-state index in [4.69, 9.17) is 4.98 Å². The fourth-order valence-electron chi connectivity index (χ4n) is 4.73. The van der Waals surface area contributed by atoms with E-state index in [0.717, 1.165) is 22.4 Å². The summed E-state index contributed by atoms with van der Waals surface area (Å²) in [5, 5.41) is 4.17. The quantitative estimate of drug-likeness (QED) is 0.394. The summed E-state index contributed by atoms with van der Waals surface area (Å²) in [4.78, 5) is 21.8.